The molecular weight excluding hydrogens is 805 g/mol. The summed E-state index contributed by atoms with van der Waals surface area (Å²) in [7, 11) is -3.45. The van der Waals surface area contributed by atoms with E-state index in [0.29, 0.717) is 32.5 Å². The molecule has 0 aliphatic rings. The molecule has 4 N–H and O–H groups in total. The van der Waals surface area contributed by atoms with Gasteiger partial charge in [-0.25, -0.2) is 14.4 Å². The second kappa shape index (κ2) is 27.8. The molecule has 4 atom stereocenters. The molecule has 1 aromatic rings. The Hall–Kier alpha value is -3.91. The van der Waals surface area contributed by atoms with E-state index in [0.717, 1.165) is 31.0 Å². The number of benzene rings is 1. The molecule has 1 aromatic carbocycles. The van der Waals surface area contributed by atoms with Crippen molar-refractivity contribution in [3.05, 3.63) is 74.9 Å². The van der Waals surface area contributed by atoms with Crippen LogP contribution in [-0.2, 0) is 38.0 Å². The third kappa shape index (κ3) is 22.6. The first-order valence-electron chi connectivity index (χ1n) is 20.6. The van der Waals surface area contributed by atoms with Crippen LogP contribution in [0.4, 0.5) is 9.59 Å². The van der Waals surface area contributed by atoms with Gasteiger partial charge in [-0.15, -0.1) is 6.58 Å². The Kier molecular flexibility index (Phi) is 25.1. The Morgan fingerprint density at radius 3 is 1.63 bits per heavy atom. The predicted octanol–water partition coefficient (Wildman–Crippen LogP) is 5.41. The molecular formula is C44H72N2O12Si2. The Bertz CT molecular complexity index is 1410. The van der Waals surface area contributed by atoms with Gasteiger partial charge in [0.2, 0.25) is 0 Å². The Labute approximate surface area is 359 Å². The summed E-state index contributed by atoms with van der Waals surface area (Å²) in [4.78, 5) is 48.4. The van der Waals surface area contributed by atoms with Crippen LogP contribution >= 0.6 is 0 Å². The predicted molar refractivity (Wildman–Crippen MR) is 240 cm³/mol. The number of amides is 2. The Balaban J connectivity index is 2.43. The summed E-state index contributed by atoms with van der Waals surface area (Å²) in [6.45, 7) is 28.0. The molecule has 16 heteroatoms. The number of nitrogens with one attached hydrogen (secondary N) is 2. The van der Waals surface area contributed by atoms with Crippen LogP contribution in [0.1, 0.15) is 52.4 Å². The third-order valence-electron chi connectivity index (χ3n) is 10.2. The number of ketones is 1. The van der Waals surface area contributed by atoms with Crippen molar-refractivity contribution in [3.63, 3.8) is 0 Å². The molecule has 0 bridgehead atoms. The van der Waals surface area contributed by atoms with Crippen LogP contribution in [0.15, 0.2) is 74.9 Å². The maximum absolute atomic E-state index is 12.6. The van der Waals surface area contributed by atoms with Gasteiger partial charge >= 0.3 is 18.2 Å². The van der Waals surface area contributed by atoms with E-state index in [4.69, 9.17) is 28.4 Å². The largest absolute Gasteiger partial charge is 0.460 e. The lowest BCUT2D eigenvalue weighted by Crippen LogP contribution is -2.54. The molecule has 0 radical (unpaired) electrons. The molecule has 60 heavy (non-hydrogen) atoms. The van der Waals surface area contributed by atoms with Crippen molar-refractivity contribution in [2.45, 2.75) is 114 Å². The highest BCUT2D eigenvalue weighted by atomic mass is 28.3. The molecule has 0 saturated carbocycles. The van der Waals surface area contributed by atoms with Crippen LogP contribution in [0, 0.1) is 0 Å². The van der Waals surface area contributed by atoms with Crippen LogP contribution in [0.3, 0.4) is 0 Å². The van der Waals surface area contributed by atoms with Gasteiger partial charge in [-0.2, -0.15) is 0 Å². The molecule has 0 spiro atoms. The SMILES string of the molecule is C=CC(=O)CCC(C)(CCC(O)C=C)NC(=O)OCCOCCC[Si](C)(C)c1ccc([Si](C)(C)CCCOCCOC(=O)NC(C)(COC(=O)C=C)COC(O)C=C)cc1. The lowest BCUT2D eigenvalue weighted by atomic mass is 9.88. The minimum atomic E-state index is -1.73. The van der Waals surface area contributed by atoms with Crippen LogP contribution < -0.4 is 21.0 Å². The number of hydrogen-bond donors (Lipinski definition) is 4. The number of ether oxygens (including phenoxy) is 6. The average Bonchev–Trinajstić information content (AvgIpc) is 3.22. The van der Waals surface area contributed by atoms with E-state index in [-0.39, 0.29) is 51.8 Å². The van der Waals surface area contributed by atoms with Gasteiger partial charge in [0.05, 0.1) is 47.6 Å². The van der Waals surface area contributed by atoms with Crippen molar-refractivity contribution in [1.29, 1.82) is 0 Å². The fourth-order valence-corrected chi connectivity index (χ4v) is 10.9. The number of carbonyl (C=O) groups is 4. The van der Waals surface area contributed by atoms with E-state index in [2.05, 4.69) is 87.4 Å². The Morgan fingerprint density at radius 1 is 0.683 bits per heavy atom. The number of rotatable bonds is 33. The molecule has 0 fully saturated rings. The maximum Gasteiger partial charge on any atom is 0.407 e. The molecule has 0 saturated heterocycles. The topological polar surface area (TPSA) is 188 Å². The first kappa shape index (κ1) is 54.1. The summed E-state index contributed by atoms with van der Waals surface area (Å²) in [6.07, 6.45) is 4.82. The quantitative estimate of drug-likeness (QED) is 0.0134. The standard InChI is InChI=1S/C44H72N2O12Si2/c1-11-35(47)21-23-43(5,24-22-36(48)12-2)45-41(51)55-29-27-53-25-15-31-59(7,8)37-17-19-38(20-18-37)60(9,10)32-16-26-54-28-30-56-42(52)46-44(6,33-57-39(49)13-3)34-58-40(50)14-4/h11-14,17-20,35,39,47,49H,1-4,15-16,21-34H2,5-10H3,(H,45,51)(H,46,52). The first-order valence-corrected chi connectivity index (χ1v) is 27.0. The van der Waals surface area contributed by atoms with E-state index in [9.17, 15) is 29.4 Å². The normalized spacial score (nSPS) is 14.6. The van der Waals surface area contributed by atoms with Gasteiger partial charge in [-0.1, -0.05) is 98.7 Å². The van der Waals surface area contributed by atoms with Gasteiger partial charge in [-0.3, -0.25) is 4.79 Å². The molecule has 338 valence electrons. The number of aliphatic hydroxyl groups is 2. The summed E-state index contributed by atoms with van der Waals surface area (Å²) < 4.78 is 32.4. The third-order valence-corrected chi connectivity index (χ3v) is 17.2. The van der Waals surface area contributed by atoms with Crippen molar-refractivity contribution >= 4 is 50.5 Å². The Morgan fingerprint density at radius 2 is 1.18 bits per heavy atom. The highest BCUT2D eigenvalue weighted by Gasteiger charge is 2.31. The van der Waals surface area contributed by atoms with Crippen LogP contribution in [0.5, 0.6) is 0 Å². The number of allylic oxidation sites excluding steroid dienone is 1. The summed E-state index contributed by atoms with van der Waals surface area (Å²) >= 11 is 0. The van der Waals surface area contributed by atoms with Crippen LogP contribution in [-0.4, -0.2) is 127 Å². The minimum Gasteiger partial charge on any atom is -0.460 e. The van der Waals surface area contributed by atoms with Crippen LogP contribution in [0.2, 0.25) is 38.3 Å². The molecule has 14 nitrogen and oxygen atoms in total. The lowest BCUT2D eigenvalue weighted by molar-refractivity contribution is -0.142. The van der Waals surface area contributed by atoms with Gasteiger partial charge in [0, 0.05) is 31.2 Å². The molecule has 0 aliphatic heterocycles. The summed E-state index contributed by atoms with van der Waals surface area (Å²) in [5.74, 6) is -0.782. The van der Waals surface area contributed by atoms with Crippen molar-refractivity contribution in [2.24, 2.45) is 0 Å². The lowest BCUT2D eigenvalue weighted by Gasteiger charge is -2.31. The number of hydrogen-bond acceptors (Lipinski definition) is 12. The van der Waals surface area contributed by atoms with Crippen molar-refractivity contribution in [2.75, 3.05) is 52.9 Å². The molecule has 0 aliphatic carbocycles. The summed E-state index contributed by atoms with van der Waals surface area (Å²) in [5, 5.41) is 27.8. The van der Waals surface area contributed by atoms with Gasteiger partial charge < -0.3 is 49.3 Å². The molecule has 0 aromatic heterocycles. The first-order chi connectivity index (χ1) is 28.2. The van der Waals surface area contributed by atoms with E-state index < -0.39 is 57.8 Å². The second-order valence-electron chi connectivity index (χ2n) is 16.7. The van der Waals surface area contributed by atoms with E-state index in [1.54, 1.807) is 6.92 Å². The fourth-order valence-electron chi connectivity index (χ4n) is 6.13. The van der Waals surface area contributed by atoms with Crippen molar-refractivity contribution in [3.8, 4) is 0 Å². The monoisotopic (exact) mass is 876 g/mol. The van der Waals surface area contributed by atoms with Crippen molar-refractivity contribution < 1.29 is 57.8 Å². The molecule has 1 rings (SSSR count). The van der Waals surface area contributed by atoms with E-state index in [1.807, 2.05) is 6.92 Å². The van der Waals surface area contributed by atoms with Gasteiger partial charge in [0.15, 0.2) is 12.1 Å². The maximum atomic E-state index is 12.6. The van der Waals surface area contributed by atoms with Crippen molar-refractivity contribution in [1.82, 2.24) is 10.6 Å². The van der Waals surface area contributed by atoms with Crippen LogP contribution in [0.25, 0.3) is 0 Å². The second-order valence-corrected chi connectivity index (χ2v) is 26.4. The summed E-state index contributed by atoms with van der Waals surface area (Å²) in [6, 6.07) is 11.2. The van der Waals surface area contributed by atoms with E-state index >= 15 is 0 Å². The minimum absolute atomic E-state index is 0.0265. The highest BCUT2D eigenvalue weighted by molar-refractivity contribution is 6.91. The smallest absolute Gasteiger partial charge is 0.407 e. The molecule has 0 heterocycles. The molecule has 4 unspecified atom stereocenters. The van der Waals surface area contributed by atoms with Gasteiger partial charge in [0.25, 0.3) is 0 Å². The number of esters is 1. The number of aliphatic hydroxyl groups excluding tert-OH is 2. The summed E-state index contributed by atoms with van der Waals surface area (Å²) in [5.41, 5.74) is -1.92. The number of alkyl carbamates (subject to hydrolysis) is 2. The zero-order chi connectivity index (χ0) is 45.2. The zero-order valence-corrected chi connectivity index (χ0v) is 38.9. The van der Waals surface area contributed by atoms with E-state index in [1.165, 1.54) is 28.6 Å². The van der Waals surface area contributed by atoms with Gasteiger partial charge in [-0.05, 0) is 58.1 Å². The zero-order valence-electron chi connectivity index (χ0n) is 36.9. The van der Waals surface area contributed by atoms with Gasteiger partial charge in [0.1, 0.15) is 19.8 Å². The average molecular weight is 877 g/mol. The number of carbonyl (C=O) groups excluding carboxylic acids is 4. The fraction of sp³-hybridized carbons (Fsp3) is 0.591. The highest BCUT2D eigenvalue weighted by Crippen LogP contribution is 2.22. The molecule has 2 amide bonds.